The molecule has 1 aromatic heterocycles. The molecule has 0 unspecified atom stereocenters. The highest BCUT2D eigenvalue weighted by Gasteiger charge is 2.35. The Morgan fingerprint density at radius 1 is 1.00 bits per heavy atom. The molecule has 3 aromatic rings. The Hall–Kier alpha value is -3.74. The van der Waals surface area contributed by atoms with E-state index in [0.29, 0.717) is 16.5 Å². The number of amides is 2. The van der Waals surface area contributed by atoms with Crippen molar-refractivity contribution in [2.24, 2.45) is 0 Å². The van der Waals surface area contributed by atoms with Gasteiger partial charge in [-0.05, 0) is 30.3 Å². The minimum atomic E-state index is -0.668. The first-order valence-electron chi connectivity index (χ1n) is 8.14. The number of rotatable bonds is 3. The second kappa shape index (κ2) is 6.21. The van der Waals surface area contributed by atoms with Crippen molar-refractivity contribution in [1.82, 2.24) is 4.90 Å². The number of nitrogens with zero attached hydrogens (tertiary/aromatic N) is 1. The summed E-state index contributed by atoms with van der Waals surface area (Å²) in [6.07, 6.45) is 0. The van der Waals surface area contributed by atoms with Crippen LogP contribution >= 0.6 is 0 Å². The summed E-state index contributed by atoms with van der Waals surface area (Å²) in [5, 5.41) is 0.581. The Kier molecular flexibility index (Phi) is 3.84. The van der Waals surface area contributed by atoms with Crippen LogP contribution in [0.15, 0.2) is 57.7 Å². The summed E-state index contributed by atoms with van der Waals surface area (Å²) in [5.41, 5.74) is 0.388. The van der Waals surface area contributed by atoms with Gasteiger partial charge >= 0.3 is 11.6 Å². The number of fused-ring (bicyclic) bond motifs is 2. The first kappa shape index (κ1) is 16.7. The topological polar surface area (TPSA) is 93.9 Å². The van der Waals surface area contributed by atoms with E-state index < -0.39 is 23.4 Å². The van der Waals surface area contributed by atoms with Gasteiger partial charge in [-0.25, -0.2) is 4.79 Å². The number of esters is 1. The zero-order valence-electron chi connectivity index (χ0n) is 14.2. The maximum atomic E-state index is 12.5. The lowest BCUT2D eigenvalue weighted by Gasteiger charge is -2.13. The summed E-state index contributed by atoms with van der Waals surface area (Å²) < 4.78 is 10.2. The van der Waals surface area contributed by atoms with Gasteiger partial charge in [0.1, 0.15) is 11.3 Å². The van der Waals surface area contributed by atoms with Crippen LogP contribution in [0.4, 0.5) is 0 Å². The third kappa shape index (κ3) is 2.89. The van der Waals surface area contributed by atoms with Crippen molar-refractivity contribution >= 4 is 28.8 Å². The SMILES string of the molecule is CC(=O)Oc1ccc2cc(CN3C(=O)c4ccccc4C3=O)c(=O)oc2c1. The van der Waals surface area contributed by atoms with Gasteiger partial charge < -0.3 is 9.15 Å². The number of carbonyl (C=O) groups is 3. The molecule has 0 fully saturated rings. The molecular formula is C20H13NO6. The molecule has 0 saturated heterocycles. The van der Waals surface area contributed by atoms with Crippen molar-refractivity contribution in [2.45, 2.75) is 13.5 Å². The first-order valence-corrected chi connectivity index (χ1v) is 8.14. The Bertz CT molecular complexity index is 1140. The van der Waals surface area contributed by atoms with Crippen molar-refractivity contribution in [1.29, 1.82) is 0 Å². The number of hydrogen-bond acceptors (Lipinski definition) is 6. The van der Waals surface area contributed by atoms with Crippen molar-refractivity contribution in [2.75, 3.05) is 0 Å². The van der Waals surface area contributed by atoms with Gasteiger partial charge in [0.25, 0.3) is 11.8 Å². The van der Waals surface area contributed by atoms with Crippen molar-refractivity contribution in [3.05, 3.63) is 75.6 Å². The molecule has 0 saturated carbocycles. The highest BCUT2D eigenvalue weighted by molar-refractivity contribution is 6.21. The molecule has 0 aliphatic carbocycles. The highest BCUT2D eigenvalue weighted by Crippen LogP contribution is 2.25. The van der Waals surface area contributed by atoms with Gasteiger partial charge in [-0.2, -0.15) is 0 Å². The molecule has 7 heteroatoms. The van der Waals surface area contributed by atoms with Gasteiger partial charge in [0.05, 0.1) is 23.2 Å². The van der Waals surface area contributed by atoms with Crippen LogP contribution in [0.25, 0.3) is 11.0 Å². The zero-order valence-corrected chi connectivity index (χ0v) is 14.2. The standard InChI is InChI=1S/C20H13NO6/c1-11(22)26-14-7-6-12-8-13(20(25)27-17(12)9-14)10-21-18(23)15-4-2-3-5-16(15)19(21)24/h2-9H,10H2,1H3. The molecule has 0 bridgehead atoms. The Labute approximate surface area is 152 Å². The van der Waals surface area contributed by atoms with Gasteiger partial charge in [-0.3, -0.25) is 19.3 Å². The number of ether oxygens (including phenoxy) is 1. The Balaban J connectivity index is 1.68. The molecule has 2 heterocycles. The maximum absolute atomic E-state index is 12.5. The fourth-order valence-corrected chi connectivity index (χ4v) is 3.03. The maximum Gasteiger partial charge on any atom is 0.341 e. The zero-order chi connectivity index (χ0) is 19.1. The summed E-state index contributed by atoms with van der Waals surface area (Å²) >= 11 is 0. The van der Waals surface area contributed by atoms with E-state index in [9.17, 15) is 19.2 Å². The van der Waals surface area contributed by atoms with Crippen LogP contribution in [0, 0.1) is 0 Å². The van der Waals surface area contributed by atoms with Crippen molar-refractivity contribution in [3.8, 4) is 5.75 Å². The fraction of sp³-hybridized carbons (Fsp3) is 0.100. The largest absolute Gasteiger partial charge is 0.427 e. The van der Waals surface area contributed by atoms with Gasteiger partial charge in [0.2, 0.25) is 0 Å². The second-order valence-corrected chi connectivity index (χ2v) is 6.09. The van der Waals surface area contributed by atoms with E-state index in [1.165, 1.54) is 13.0 Å². The van der Waals surface area contributed by atoms with E-state index >= 15 is 0 Å². The molecule has 1 aliphatic rings. The predicted octanol–water partition coefficient (Wildman–Crippen LogP) is 2.51. The van der Waals surface area contributed by atoms with Gasteiger partial charge in [0.15, 0.2) is 0 Å². The average molecular weight is 363 g/mol. The summed E-state index contributed by atoms with van der Waals surface area (Å²) in [7, 11) is 0. The fourth-order valence-electron chi connectivity index (χ4n) is 3.03. The number of imide groups is 1. The molecule has 2 aromatic carbocycles. The molecule has 2 amide bonds. The molecule has 4 rings (SSSR count). The lowest BCUT2D eigenvalue weighted by atomic mass is 10.1. The molecule has 0 atom stereocenters. The highest BCUT2D eigenvalue weighted by atomic mass is 16.5. The first-order chi connectivity index (χ1) is 12.9. The summed E-state index contributed by atoms with van der Waals surface area (Å²) in [5.74, 6) is -1.12. The summed E-state index contributed by atoms with van der Waals surface area (Å²) in [4.78, 5) is 49.3. The third-order valence-corrected chi connectivity index (χ3v) is 4.25. The van der Waals surface area contributed by atoms with Crippen LogP contribution in [0.3, 0.4) is 0 Å². The van der Waals surface area contributed by atoms with Crippen LogP contribution in [-0.2, 0) is 11.3 Å². The third-order valence-electron chi connectivity index (χ3n) is 4.25. The smallest absolute Gasteiger partial charge is 0.341 e. The molecule has 27 heavy (non-hydrogen) atoms. The average Bonchev–Trinajstić information content (AvgIpc) is 2.87. The molecular weight excluding hydrogens is 350 g/mol. The minimum absolute atomic E-state index is 0.178. The van der Waals surface area contributed by atoms with Gasteiger partial charge in [-0.1, -0.05) is 12.1 Å². The Morgan fingerprint density at radius 2 is 1.67 bits per heavy atom. The second-order valence-electron chi connectivity index (χ2n) is 6.09. The van der Waals surface area contributed by atoms with Crippen molar-refractivity contribution < 1.29 is 23.5 Å². The van der Waals surface area contributed by atoms with Crippen LogP contribution in [-0.4, -0.2) is 22.7 Å². The molecule has 0 radical (unpaired) electrons. The monoisotopic (exact) mass is 363 g/mol. The Morgan fingerprint density at radius 3 is 2.30 bits per heavy atom. The van der Waals surface area contributed by atoms with Crippen molar-refractivity contribution in [3.63, 3.8) is 0 Å². The minimum Gasteiger partial charge on any atom is -0.427 e. The van der Waals surface area contributed by atoms with Gasteiger partial charge in [0, 0.05) is 18.4 Å². The quantitative estimate of drug-likeness (QED) is 0.307. The van der Waals surface area contributed by atoms with Crippen LogP contribution in [0.5, 0.6) is 5.75 Å². The van der Waals surface area contributed by atoms with Crippen LogP contribution in [0.2, 0.25) is 0 Å². The van der Waals surface area contributed by atoms with E-state index in [-0.39, 0.29) is 23.4 Å². The normalized spacial score (nSPS) is 13.1. The lowest BCUT2D eigenvalue weighted by Crippen LogP contribution is -2.31. The summed E-state index contributed by atoms with van der Waals surface area (Å²) in [6, 6.07) is 12.7. The molecule has 7 nitrogen and oxygen atoms in total. The van der Waals surface area contributed by atoms with E-state index in [1.807, 2.05) is 0 Å². The van der Waals surface area contributed by atoms with Crippen LogP contribution in [0.1, 0.15) is 33.2 Å². The predicted molar refractivity (Wildman–Crippen MR) is 94.4 cm³/mol. The number of hydrogen-bond donors (Lipinski definition) is 0. The van der Waals surface area contributed by atoms with E-state index in [1.54, 1.807) is 42.5 Å². The van der Waals surface area contributed by atoms with E-state index in [4.69, 9.17) is 9.15 Å². The molecule has 0 N–H and O–H groups in total. The molecule has 1 aliphatic heterocycles. The molecule has 0 spiro atoms. The number of carbonyl (C=O) groups excluding carboxylic acids is 3. The summed E-state index contributed by atoms with van der Waals surface area (Å²) in [6.45, 7) is 1.09. The van der Waals surface area contributed by atoms with E-state index in [2.05, 4.69) is 0 Å². The lowest BCUT2D eigenvalue weighted by molar-refractivity contribution is -0.131. The van der Waals surface area contributed by atoms with E-state index in [0.717, 1.165) is 4.90 Å². The van der Waals surface area contributed by atoms with Crippen LogP contribution < -0.4 is 10.4 Å². The molecule has 134 valence electrons. The number of benzene rings is 2. The van der Waals surface area contributed by atoms with Gasteiger partial charge in [-0.15, -0.1) is 0 Å².